The van der Waals surface area contributed by atoms with E-state index in [1.807, 2.05) is 31.2 Å². The molecule has 0 radical (unpaired) electrons. The fraction of sp³-hybridized carbons (Fsp3) is 0.111. The van der Waals surface area contributed by atoms with Crippen LogP contribution in [0.3, 0.4) is 0 Å². The number of hydrogen-bond donors (Lipinski definition) is 2. The number of H-pyrrole nitrogens is 1. The van der Waals surface area contributed by atoms with Crippen LogP contribution in [-0.2, 0) is 4.79 Å². The van der Waals surface area contributed by atoms with Crippen LogP contribution in [-0.4, -0.2) is 31.8 Å². The van der Waals surface area contributed by atoms with Gasteiger partial charge in [0.05, 0.1) is 5.75 Å². The molecular formula is C18H14FN5OS. The van der Waals surface area contributed by atoms with Crippen molar-refractivity contribution in [2.75, 3.05) is 11.1 Å². The number of carbonyl (C=O) groups excluding carboxylic acids is 1. The first kappa shape index (κ1) is 16.5. The number of anilines is 1. The predicted molar refractivity (Wildman–Crippen MR) is 99.7 cm³/mol. The number of amides is 1. The Labute approximate surface area is 152 Å². The van der Waals surface area contributed by atoms with Crippen molar-refractivity contribution in [1.82, 2.24) is 20.2 Å². The van der Waals surface area contributed by atoms with Gasteiger partial charge < -0.3 is 10.3 Å². The molecule has 26 heavy (non-hydrogen) atoms. The predicted octanol–water partition coefficient (Wildman–Crippen LogP) is 3.68. The Balaban J connectivity index is 1.48. The first-order chi connectivity index (χ1) is 12.6. The molecule has 0 saturated carbocycles. The standard InChI is InChI=1S/C18H14FN5OS/c1-10-3-2-4-12(7-10)20-15(25)9-26-18-22-17-16(23-24-18)13-8-11(19)5-6-14(13)21-17/h2-8H,9H2,1H3,(H,20,25)(H,21,22,24). The van der Waals surface area contributed by atoms with E-state index in [4.69, 9.17) is 0 Å². The number of benzene rings is 2. The quantitative estimate of drug-likeness (QED) is 0.538. The Kier molecular flexibility index (Phi) is 4.26. The van der Waals surface area contributed by atoms with Gasteiger partial charge in [-0.25, -0.2) is 9.37 Å². The van der Waals surface area contributed by atoms with Crippen LogP contribution in [0.2, 0.25) is 0 Å². The van der Waals surface area contributed by atoms with Crippen LogP contribution < -0.4 is 5.32 Å². The highest BCUT2D eigenvalue weighted by atomic mass is 32.2. The molecule has 2 aromatic carbocycles. The van der Waals surface area contributed by atoms with E-state index in [1.165, 1.54) is 23.9 Å². The van der Waals surface area contributed by atoms with Crippen molar-refractivity contribution < 1.29 is 9.18 Å². The minimum atomic E-state index is -0.341. The molecule has 1 amide bonds. The van der Waals surface area contributed by atoms with Crippen molar-refractivity contribution in [3.8, 4) is 0 Å². The second kappa shape index (κ2) is 6.72. The number of nitrogens with zero attached hydrogens (tertiary/aromatic N) is 3. The topological polar surface area (TPSA) is 83.6 Å². The zero-order valence-electron chi connectivity index (χ0n) is 13.8. The number of rotatable bonds is 4. The summed E-state index contributed by atoms with van der Waals surface area (Å²) < 4.78 is 13.4. The van der Waals surface area contributed by atoms with Crippen molar-refractivity contribution in [3.63, 3.8) is 0 Å². The highest BCUT2D eigenvalue weighted by molar-refractivity contribution is 7.99. The second-order valence-corrected chi connectivity index (χ2v) is 6.76. The van der Waals surface area contributed by atoms with E-state index in [2.05, 4.69) is 25.5 Å². The maximum Gasteiger partial charge on any atom is 0.234 e. The molecule has 0 saturated heterocycles. The van der Waals surface area contributed by atoms with Gasteiger partial charge in [0.15, 0.2) is 5.65 Å². The molecule has 2 heterocycles. The lowest BCUT2D eigenvalue weighted by molar-refractivity contribution is -0.113. The number of hydrogen-bond acceptors (Lipinski definition) is 5. The third-order valence-electron chi connectivity index (χ3n) is 3.79. The molecule has 0 aliphatic carbocycles. The van der Waals surface area contributed by atoms with Gasteiger partial charge in [0.1, 0.15) is 11.3 Å². The van der Waals surface area contributed by atoms with Gasteiger partial charge in [-0.3, -0.25) is 4.79 Å². The maximum atomic E-state index is 13.4. The summed E-state index contributed by atoms with van der Waals surface area (Å²) in [7, 11) is 0. The van der Waals surface area contributed by atoms with E-state index in [1.54, 1.807) is 6.07 Å². The summed E-state index contributed by atoms with van der Waals surface area (Å²) in [6, 6.07) is 12.0. The average Bonchev–Trinajstić information content (AvgIpc) is 2.97. The van der Waals surface area contributed by atoms with Crippen molar-refractivity contribution in [2.24, 2.45) is 0 Å². The zero-order chi connectivity index (χ0) is 18.1. The molecule has 2 aromatic heterocycles. The zero-order valence-corrected chi connectivity index (χ0v) is 14.6. The molecule has 0 aliphatic rings. The molecular weight excluding hydrogens is 353 g/mol. The number of carbonyl (C=O) groups is 1. The SMILES string of the molecule is Cc1cccc(NC(=O)CSc2nnc3c(n2)[nH]c2ccc(F)cc23)c1. The molecule has 2 N–H and O–H groups in total. The molecule has 130 valence electrons. The Morgan fingerprint density at radius 2 is 2.12 bits per heavy atom. The summed E-state index contributed by atoms with van der Waals surface area (Å²) in [5, 5.41) is 12.0. The van der Waals surface area contributed by atoms with Crippen LogP contribution in [0.1, 0.15) is 5.56 Å². The highest BCUT2D eigenvalue weighted by Crippen LogP contribution is 2.24. The first-order valence-electron chi connectivity index (χ1n) is 7.89. The van der Waals surface area contributed by atoms with E-state index < -0.39 is 0 Å². The summed E-state index contributed by atoms with van der Waals surface area (Å²) in [6.07, 6.45) is 0. The Bertz CT molecular complexity index is 1130. The summed E-state index contributed by atoms with van der Waals surface area (Å²) >= 11 is 1.19. The van der Waals surface area contributed by atoms with Gasteiger partial charge in [-0.15, -0.1) is 10.2 Å². The number of aryl methyl sites for hydroxylation is 1. The van der Waals surface area contributed by atoms with Crippen LogP contribution in [0.15, 0.2) is 47.6 Å². The molecule has 0 aliphatic heterocycles. The summed E-state index contributed by atoms with van der Waals surface area (Å²) in [6.45, 7) is 1.96. The Morgan fingerprint density at radius 3 is 2.96 bits per heavy atom. The normalized spacial score (nSPS) is 11.2. The van der Waals surface area contributed by atoms with Crippen LogP contribution in [0.25, 0.3) is 22.1 Å². The first-order valence-corrected chi connectivity index (χ1v) is 8.88. The van der Waals surface area contributed by atoms with Crippen molar-refractivity contribution in [3.05, 3.63) is 53.8 Å². The fourth-order valence-corrected chi connectivity index (χ4v) is 3.23. The van der Waals surface area contributed by atoms with E-state index in [0.717, 1.165) is 16.8 Å². The Morgan fingerprint density at radius 1 is 1.23 bits per heavy atom. The van der Waals surface area contributed by atoms with E-state index in [9.17, 15) is 9.18 Å². The van der Waals surface area contributed by atoms with Gasteiger partial charge in [0.2, 0.25) is 11.1 Å². The molecule has 0 unspecified atom stereocenters. The largest absolute Gasteiger partial charge is 0.338 e. The average molecular weight is 367 g/mol. The second-order valence-electron chi connectivity index (χ2n) is 5.81. The highest BCUT2D eigenvalue weighted by Gasteiger charge is 2.11. The van der Waals surface area contributed by atoms with Gasteiger partial charge >= 0.3 is 0 Å². The molecule has 0 spiro atoms. The van der Waals surface area contributed by atoms with Crippen LogP contribution in [0.5, 0.6) is 0 Å². The Hall–Kier alpha value is -3.00. The van der Waals surface area contributed by atoms with Gasteiger partial charge in [0.25, 0.3) is 0 Å². The number of aromatic nitrogens is 4. The van der Waals surface area contributed by atoms with Crippen molar-refractivity contribution >= 4 is 45.4 Å². The molecule has 4 rings (SSSR count). The molecule has 4 aromatic rings. The molecule has 0 fully saturated rings. The smallest absolute Gasteiger partial charge is 0.234 e. The van der Waals surface area contributed by atoms with Crippen LogP contribution >= 0.6 is 11.8 Å². The van der Waals surface area contributed by atoms with Gasteiger partial charge in [-0.05, 0) is 42.8 Å². The third-order valence-corrected chi connectivity index (χ3v) is 4.63. The third kappa shape index (κ3) is 3.36. The van der Waals surface area contributed by atoms with E-state index in [0.29, 0.717) is 21.7 Å². The van der Waals surface area contributed by atoms with Crippen molar-refractivity contribution in [1.29, 1.82) is 0 Å². The number of halogens is 1. The fourth-order valence-electron chi connectivity index (χ4n) is 2.64. The summed E-state index contributed by atoms with van der Waals surface area (Å²) in [5.74, 6) is -0.329. The molecule has 0 atom stereocenters. The minimum Gasteiger partial charge on any atom is -0.338 e. The van der Waals surface area contributed by atoms with E-state index in [-0.39, 0.29) is 17.5 Å². The lowest BCUT2D eigenvalue weighted by Crippen LogP contribution is -2.14. The van der Waals surface area contributed by atoms with Gasteiger partial charge in [-0.1, -0.05) is 23.9 Å². The van der Waals surface area contributed by atoms with E-state index >= 15 is 0 Å². The van der Waals surface area contributed by atoms with Crippen LogP contribution in [0.4, 0.5) is 10.1 Å². The lowest BCUT2D eigenvalue weighted by Gasteiger charge is -2.05. The lowest BCUT2D eigenvalue weighted by atomic mass is 10.2. The van der Waals surface area contributed by atoms with Gasteiger partial charge in [-0.2, -0.15) is 0 Å². The minimum absolute atomic E-state index is 0.150. The number of aromatic amines is 1. The number of nitrogens with one attached hydrogen (secondary N) is 2. The maximum absolute atomic E-state index is 13.4. The van der Waals surface area contributed by atoms with Gasteiger partial charge in [0, 0.05) is 16.6 Å². The molecule has 8 heteroatoms. The monoisotopic (exact) mass is 367 g/mol. The summed E-state index contributed by atoms with van der Waals surface area (Å²) in [5.41, 5.74) is 3.59. The number of fused-ring (bicyclic) bond motifs is 3. The number of thioether (sulfide) groups is 1. The summed E-state index contributed by atoms with van der Waals surface area (Å²) in [4.78, 5) is 19.5. The molecule has 6 nitrogen and oxygen atoms in total. The van der Waals surface area contributed by atoms with Crippen LogP contribution in [0, 0.1) is 12.7 Å². The molecule has 0 bridgehead atoms. The van der Waals surface area contributed by atoms with Crippen molar-refractivity contribution in [2.45, 2.75) is 12.1 Å².